The van der Waals surface area contributed by atoms with Gasteiger partial charge in [-0.05, 0) is 42.0 Å². The number of amides is 1. The van der Waals surface area contributed by atoms with Gasteiger partial charge < -0.3 is 14.8 Å². The van der Waals surface area contributed by atoms with E-state index in [1.165, 1.54) is 12.1 Å². The van der Waals surface area contributed by atoms with Crippen molar-refractivity contribution in [2.24, 2.45) is 0 Å². The summed E-state index contributed by atoms with van der Waals surface area (Å²) in [6.07, 6.45) is 1.59. The normalized spacial score (nSPS) is 15.3. The van der Waals surface area contributed by atoms with E-state index >= 15 is 0 Å². The van der Waals surface area contributed by atoms with Crippen LogP contribution in [0.2, 0.25) is 0 Å². The number of halogens is 1. The van der Waals surface area contributed by atoms with Crippen molar-refractivity contribution in [2.45, 2.75) is 6.04 Å². The second kappa shape index (κ2) is 10.1. The number of nitrogens with one attached hydrogen (secondary N) is 1. The van der Waals surface area contributed by atoms with Crippen molar-refractivity contribution in [3.8, 4) is 11.6 Å². The van der Waals surface area contributed by atoms with Gasteiger partial charge in [0.25, 0.3) is 5.91 Å². The Hall–Kier alpha value is -3.29. The fraction of sp³-hybridized carbons (Fsp3) is 0.250. The van der Waals surface area contributed by atoms with Crippen LogP contribution in [-0.4, -0.2) is 48.6 Å². The number of nitrogens with zero attached hydrogens (tertiary/aromatic N) is 2. The molecule has 0 saturated carbocycles. The third-order valence-corrected chi connectivity index (χ3v) is 5.17. The zero-order valence-corrected chi connectivity index (χ0v) is 17.0. The molecular weight excluding hydrogens is 397 g/mol. The molecule has 1 aliphatic rings. The van der Waals surface area contributed by atoms with Crippen LogP contribution < -0.4 is 10.1 Å². The van der Waals surface area contributed by atoms with Gasteiger partial charge in [-0.2, -0.15) is 0 Å². The summed E-state index contributed by atoms with van der Waals surface area (Å²) in [6.45, 7) is 3.11. The molecule has 6 nitrogen and oxygen atoms in total. The first kappa shape index (κ1) is 21.0. The maximum atomic E-state index is 13.4. The number of carbonyl (C=O) groups is 1. The number of pyridine rings is 1. The molecule has 4 rings (SSSR count). The summed E-state index contributed by atoms with van der Waals surface area (Å²) in [5.74, 6) is 0.287. The predicted octanol–water partition coefficient (Wildman–Crippen LogP) is 3.82. The van der Waals surface area contributed by atoms with Crippen LogP contribution in [0.4, 0.5) is 4.39 Å². The fourth-order valence-corrected chi connectivity index (χ4v) is 3.56. The summed E-state index contributed by atoms with van der Waals surface area (Å²) >= 11 is 0. The summed E-state index contributed by atoms with van der Waals surface area (Å²) in [4.78, 5) is 19.5. The minimum atomic E-state index is -0.286. The number of carbonyl (C=O) groups excluding carboxylic acids is 1. The van der Waals surface area contributed by atoms with E-state index < -0.39 is 0 Å². The zero-order valence-electron chi connectivity index (χ0n) is 17.0. The van der Waals surface area contributed by atoms with E-state index in [4.69, 9.17) is 9.47 Å². The minimum absolute atomic E-state index is 0.0939. The third-order valence-electron chi connectivity index (χ3n) is 5.17. The summed E-state index contributed by atoms with van der Waals surface area (Å²) in [7, 11) is 0. The van der Waals surface area contributed by atoms with Crippen LogP contribution in [0, 0.1) is 5.82 Å². The lowest BCUT2D eigenvalue weighted by atomic mass is 10.0. The van der Waals surface area contributed by atoms with Gasteiger partial charge in [0, 0.05) is 25.8 Å². The molecular formula is C24H24FN3O3. The van der Waals surface area contributed by atoms with E-state index in [1.54, 1.807) is 42.6 Å². The largest absolute Gasteiger partial charge is 0.438 e. The molecule has 2 aromatic carbocycles. The van der Waals surface area contributed by atoms with Crippen molar-refractivity contribution < 1.29 is 18.7 Å². The van der Waals surface area contributed by atoms with Gasteiger partial charge in [0.05, 0.1) is 19.3 Å². The van der Waals surface area contributed by atoms with Gasteiger partial charge in [-0.25, -0.2) is 9.37 Å². The van der Waals surface area contributed by atoms with Gasteiger partial charge in [0.15, 0.2) is 0 Å². The first-order chi connectivity index (χ1) is 15.2. The highest BCUT2D eigenvalue weighted by molar-refractivity contribution is 5.96. The van der Waals surface area contributed by atoms with Crippen LogP contribution in [0.25, 0.3) is 0 Å². The van der Waals surface area contributed by atoms with Gasteiger partial charge >= 0.3 is 0 Å². The quantitative estimate of drug-likeness (QED) is 0.629. The van der Waals surface area contributed by atoms with E-state index in [2.05, 4.69) is 15.2 Å². The minimum Gasteiger partial charge on any atom is -0.438 e. The Kier molecular flexibility index (Phi) is 6.86. The topological polar surface area (TPSA) is 63.7 Å². The Morgan fingerprint density at radius 2 is 1.81 bits per heavy atom. The molecule has 0 bridgehead atoms. The first-order valence-electron chi connectivity index (χ1n) is 10.2. The summed E-state index contributed by atoms with van der Waals surface area (Å²) in [5, 5.41) is 3.00. The molecule has 1 aromatic heterocycles. The standard InChI is InChI=1S/C24H24FN3O3/c25-19-10-8-18(9-11-19)22(28-13-15-30-16-14-28)17-27-23(29)21-7-4-12-26-24(21)31-20-5-2-1-3-6-20/h1-12,22H,13-17H2,(H,27,29). The van der Waals surface area contributed by atoms with Crippen LogP contribution in [0.1, 0.15) is 22.0 Å². The number of hydrogen-bond acceptors (Lipinski definition) is 5. The number of benzene rings is 2. The van der Waals surface area contributed by atoms with Gasteiger partial charge in [-0.15, -0.1) is 0 Å². The Morgan fingerprint density at radius 3 is 2.55 bits per heavy atom. The molecule has 1 N–H and O–H groups in total. The molecule has 3 aromatic rings. The van der Waals surface area contributed by atoms with Crippen molar-refractivity contribution in [3.05, 3.63) is 89.9 Å². The highest BCUT2D eigenvalue weighted by atomic mass is 19.1. The molecule has 0 spiro atoms. The molecule has 1 saturated heterocycles. The second-order valence-corrected chi connectivity index (χ2v) is 7.20. The van der Waals surface area contributed by atoms with Crippen molar-refractivity contribution in [3.63, 3.8) is 0 Å². The van der Waals surface area contributed by atoms with Crippen molar-refractivity contribution in [2.75, 3.05) is 32.8 Å². The number of ether oxygens (including phenoxy) is 2. The van der Waals surface area contributed by atoms with E-state index in [9.17, 15) is 9.18 Å². The predicted molar refractivity (Wildman–Crippen MR) is 115 cm³/mol. The Bertz CT molecular complexity index is 992. The highest BCUT2D eigenvalue weighted by Crippen LogP contribution is 2.24. The van der Waals surface area contributed by atoms with Crippen molar-refractivity contribution >= 4 is 5.91 Å². The third kappa shape index (κ3) is 5.45. The smallest absolute Gasteiger partial charge is 0.256 e. The monoisotopic (exact) mass is 421 g/mol. The molecule has 2 heterocycles. The van der Waals surface area contributed by atoms with Crippen molar-refractivity contribution in [1.29, 1.82) is 0 Å². The Balaban J connectivity index is 1.49. The lowest BCUT2D eigenvalue weighted by molar-refractivity contribution is 0.0162. The van der Waals surface area contributed by atoms with Gasteiger partial charge in [0.2, 0.25) is 5.88 Å². The molecule has 1 atom stereocenters. The van der Waals surface area contributed by atoms with Gasteiger partial charge in [-0.1, -0.05) is 30.3 Å². The molecule has 31 heavy (non-hydrogen) atoms. The molecule has 1 aliphatic heterocycles. The van der Waals surface area contributed by atoms with E-state index in [0.29, 0.717) is 31.1 Å². The van der Waals surface area contributed by atoms with E-state index in [0.717, 1.165) is 18.7 Å². The number of para-hydroxylation sites is 1. The maximum absolute atomic E-state index is 13.4. The molecule has 0 aliphatic carbocycles. The Morgan fingerprint density at radius 1 is 1.06 bits per heavy atom. The first-order valence-corrected chi connectivity index (χ1v) is 10.2. The van der Waals surface area contributed by atoms with Crippen LogP contribution in [0.3, 0.4) is 0 Å². The number of morpholine rings is 1. The highest BCUT2D eigenvalue weighted by Gasteiger charge is 2.24. The van der Waals surface area contributed by atoms with Crippen LogP contribution >= 0.6 is 0 Å². The molecule has 1 fully saturated rings. The molecule has 1 amide bonds. The van der Waals surface area contributed by atoms with Gasteiger partial charge in [0.1, 0.15) is 17.1 Å². The van der Waals surface area contributed by atoms with Crippen LogP contribution in [0.15, 0.2) is 72.9 Å². The number of aromatic nitrogens is 1. The SMILES string of the molecule is O=C(NCC(c1ccc(F)cc1)N1CCOCC1)c1cccnc1Oc1ccccc1. The molecule has 7 heteroatoms. The van der Waals surface area contributed by atoms with Crippen LogP contribution in [-0.2, 0) is 4.74 Å². The average Bonchev–Trinajstić information content (AvgIpc) is 2.82. The summed E-state index contributed by atoms with van der Waals surface area (Å²) in [6, 6.07) is 18.9. The molecule has 1 unspecified atom stereocenters. The lowest BCUT2D eigenvalue weighted by Crippen LogP contribution is -2.43. The van der Waals surface area contributed by atoms with E-state index in [-0.39, 0.29) is 23.6 Å². The van der Waals surface area contributed by atoms with Crippen molar-refractivity contribution in [1.82, 2.24) is 15.2 Å². The second-order valence-electron chi connectivity index (χ2n) is 7.20. The van der Waals surface area contributed by atoms with E-state index in [1.807, 2.05) is 18.2 Å². The fourth-order valence-electron chi connectivity index (χ4n) is 3.56. The van der Waals surface area contributed by atoms with Crippen LogP contribution in [0.5, 0.6) is 11.6 Å². The van der Waals surface area contributed by atoms with Gasteiger partial charge in [-0.3, -0.25) is 9.69 Å². The lowest BCUT2D eigenvalue weighted by Gasteiger charge is -2.35. The zero-order chi connectivity index (χ0) is 21.5. The maximum Gasteiger partial charge on any atom is 0.256 e. The number of hydrogen-bond donors (Lipinski definition) is 1. The molecule has 0 radical (unpaired) electrons. The number of rotatable bonds is 7. The average molecular weight is 421 g/mol. The molecule has 160 valence electrons. The summed E-state index contributed by atoms with van der Waals surface area (Å²) < 4.78 is 24.7. The summed E-state index contributed by atoms with van der Waals surface area (Å²) in [5.41, 5.74) is 1.29. The Labute approximate surface area is 180 Å².